The van der Waals surface area contributed by atoms with Crippen molar-refractivity contribution < 1.29 is 22.3 Å². The zero-order valence-corrected chi connectivity index (χ0v) is 15.4. The second-order valence-electron chi connectivity index (χ2n) is 6.87. The van der Waals surface area contributed by atoms with Gasteiger partial charge >= 0.3 is 6.18 Å². The third kappa shape index (κ3) is 4.12. The van der Waals surface area contributed by atoms with Crippen molar-refractivity contribution in [1.29, 1.82) is 0 Å². The van der Waals surface area contributed by atoms with Crippen molar-refractivity contribution in [3.8, 4) is 17.1 Å². The maximum atomic E-state index is 13.8. The Morgan fingerprint density at radius 3 is 2.83 bits per heavy atom. The number of imidazole rings is 1. The first kappa shape index (κ1) is 19.4. The van der Waals surface area contributed by atoms with E-state index in [1.165, 1.54) is 12.1 Å². The van der Waals surface area contributed by atoms with Crippen LogP contribution in [-0.4, -0.2) is 52.0 Å². The first-order valence-corrected chi connectivity index (χ1v) is 9.10. The number of nitrogens with one attached hydrogen (secondary N) is 2. The normalized spacial score (nSPS) is 20.7. The fourth-order valence-corrected chi connectivity index (χ4v) is 3.13. The molecule has 1 saturated heterocycles. The van der Waals surface area contributed by atoms with Gasteiger partial charge in [0.15, 0.2) is 6.10 Å². The number of anilines is 1. The van der Waals surface area contributed by atoms with E-state index >= 15 is 0 Å². The summed E-state index contributed by atoms with van der Waals surface area (Å²) < 4.78 is 58.6. The van der Waals surface area contributed by atoms with Gasteiger partial charge in [-0.2, -0.15) is 13.2 Å². The van der Waals surface area contributed by atoms with Gasteiger partial charge in [0.1, 0.15) is 23.4 Å². The van der Waals surface area contributed by atoms with Crippen LogP contribution in [0.2, 0.25) is 0 Å². The van der Waals surface area contributed by atoms with Crippen LogP contribution in [0.25, 0.3) is 17.0 Å². The zero-order chi connectivity index (χ0) is 20.6. The number of ether oxygens (including phenoxy) is 1. The van der Waals surface area contributed by atoms with E-state index in [1.54, 1.807) is 35.0 Å². The number of fused-ring (bicyclic) bond motifs is 1. The van der Waals surface area contributed by atoms with Gasteiger partial charge in [-0.1, -0.05) is 6.07 Å². The van der Waals surface area contributed by atoms with Crippen LogP contribution in [0.3, 0.4) is 0 Å². The SMILES string of the molecule is C[C@@H](Oc1ccn2c(-c3cccc(N[C@H]4CNC[C@@H]4F)n3)cnc2c1)C(F)(F)F. The van der Waals surface area contributed by atoms with E-state index in [-0.39, 0.29) is 11.8 Å². The number of nitrogens with zero attached hydrogens (tertiary/aromatic N) is 3. The van der Waals surface area contributed by atoms with E-state index in [0.29, 0.717) is 35.9 Å². The van der Waals surface area contributed by atoms with Crippen LogP contribution in [0.15, 0.2) is 42.7 Å². The zero-order valence-electron chi connectivity index (χ0n) is 15.4. The molecule has 2 N–H and O–H groups in total. The summed E-state index contributed by atoms with van der Waals surface area (Å²) in [6.45, 7) is 1.77. The van der Waals surface area contributed by atoms with Crippen molar-refractivity contribution in [2.45, 2.75) is 31.4 Å². The molecule has 0 aromatic carbocycles. The maximum absolute atomic E-state index is 13.8. The number of pyridine rings is 2. The minimum absolute atomic E-state index is 0.0746. The summed E-state index contributed by atoms with van der Waals surface area (Å²) in [5.41, 5.74) is 1.68. The Kier molecular flexibility index (Phi) is 5.03. The van der Waals surface area contributed by atoms with Crippen LogP contribution >= 0.6 is 0 Å². The molecule has 0 bridgehead atoms. The fourth-order valence-electron chi connectivity index (χ4n) is 3.13. The van der Waals surface area contributed by atoms with Gasteiger partial charge in [-0.15, -0.1) is 0 Å². The molecule has 3 aromatic rings. The number of aromatic nitrogens is 3. The average molecular weight is 409 g/mol. The molecule has 0 aliphatic carbocycles. The summed E-state index contributed by atoms with van der Waals surface area (Å²) >= 11 is 0. The van der Waals surface area contributed by atoms with Crippen molar-refractivity contribution in [3.05, 3.63) is 42.7 Å². The lowest BCUT2D eigenvalue weighted by molar-refractivity contribution is -0.189. The van der Waals surface area contributed by atoms with Crippen LogP contribution in [0.5, 0.6) is 5.75 Å². The summed E-state index contributed by atoms with van der Waals surface area (Å²) in [5.74, 6) is 0.610. The smallest absolute Gasteiger partial charge is 0.425 e. The van der Waals surface area contributed by atoms with E-state index in [1.807, 2.05) is 0 Å². The van der Waals surface area contributed by atoms with Crippen LogP contribution < -0.4 is 15.4 Å². The number of rotatable bonds is 5. The Hall–Kier alpha value is -2.88. The molecule has 1 fully saturated rings. The highest BCUT2D eigenvalue weighted by Gasteiger charge is 2.38. The summed E-state index contributed by atoms with van der Waals surface area (Å²) in [5, 5.41) is 6.06. The fraction of sp³-hybridized carbons (Fsp3) is 0.368. The molecule has 154 valence electrons. The van der Waals surface area contributed by atoms with Gasteiger partial charge < -0.3 is 15.4 Å². The molecule has 0 saturated carbocycles. The Labute approximate surface area is 163 Å². The van der Waals surface area contributed by atoms with Gasteiger partial charge in [0.05, 0.1) is 23.6 Å². The van der Waals surface area contributed by atoms with Crippen LogP contribution in [0.1, 0.15) is 6.92 Å². The predicted molar refractivity (Wildman–Crippen MR) is 99.7 cm³/mol. The molecule has 0 spiro atoms. The van der Waals surface area contributed by atoms with E-state index < -0.39 is 18.5 Å². The lowest BCUT2D eigenvalue weighted by atomic mass is 10.2. The van der Waals surface area contributed by atoms with E-state index in [2.05, 4.69) is 20.6 Å². The Morgan fingerprint density at radius 1 is 1.28 bits per heavy atom. The van der Waals surface area contributed by atoms with Crippen molar-refractivity contribution in [1.82, 2.24) is 19.7 Å². The number of hydrogen-bond donors (Lipinski definition) is 2. The van der Waals surface area contributed by atoms with Crippen molar-refractivity contribution in [2.24, 2.45) is 0 Å². The monoisotopic (exact) mass is 409 g/mol. The van der Waals surface area contributed by atoms with Crippen LogP contribution in [0.4, 0.5) is 23.4 Å². The second kappa shape index (κ2) is 7.51. The van der Waals surface area contributed by atoms with Crippen LogP contribution in [0, 0.1) is 0 Å². The van der Waals surface area contributed by atoms with Gasteiger partial charge in [0, 0.05) is 25.4 Å². The van der Waals surface area contributed by atoms with Crippen LogP contribution in [-0.2, 0) is 0 Å². The third-order valence-electron chi connectivity index (χ3n) is 4.74. The molecule has 4 rings (SSSR count). The largest absolute Gasteiger partial charge is 0.481 e. The van der Waals surface area contributed by atoms with Gasteiger partial charge in [-0.25, -0.2) is 14.4 Å². The van der Waals surface area contributed by atoms with Gasteiger partial charge in [0.2, 0.25) is 0 Å². The Balaban J connectivity index is 1.57. The molecule has 10 heteroatoms. The maximum Gasteiger partial charge on any atom is 0.425 e. The lowest BCUT2D eigenvalue weighted by Gasteiger charge is -2.17. The topological polar surface area (TPSA) is 63.5 Å². The minimum atomic E-state index is -4.45. The van der Waals surface area contributed by atoms with Crippen molar-refractivity contribution in [3.63, 3.8) is 0 Å². The molecule has 4 heterocycles. The highest BCUT2D eigenvalue weighted by molar-refractivity contribution is 5.63. The first-order chi connectivity index (χ1) is 13.8. The number of halogens is 4. The molecular formula is C19H19F4N5O. The minimum Gasteiger partial charge on any atom is -0.481 e. The summed E-state index contributed by atoms with van der Waals surface area (Å²) in [6, 6.07) is 7.86. The lowest BCUT2D eigenvalue weighted by Crippen LogP contribution is -2.31. The van der Waals surface area contributed by atoms with E-state index in [4.69, 9.17) is 4.74 Å². The Bertz CT molecular complexity index is 1010. The molecule has 1 aliphatic rings. The Morgan fingerprint density at radius 2 is 2.10 bits per heavy atom. The molecule has 3 atom stereocenters. The average Bonchev–Trinajstić information content (AvgIpc) is 3.27. The highest BCUT2D eigenvalue weighted by atomic mass is 19.4. The summed E-state index contributed by atoms with van der Waals surface area (Å²) in [4.78, 5) is 8.76. The highest BCUT2D eigenvalue weighted by Crippen LogP contribution is 2.27. The molecule has 29 heavy (non-hydrogen) atoms. The summed E-state index contributed by atoms with van der Waals surface area (Å²) in [7, 11) is 0. The standard InChI is InChI=1S/C19H19F4N5O/c1-11(19(21,22)23)29-12-5-6-28-16(10-25-18(28)7-12)14-3-2-4-17(26-14)27-15-9-24-8-13(15)20/h2-7,10-11,13,15,24H,8-9H2,1H3,(H,26,27)/t11-,13+,15+/m1/s1. The molecule has 0 radical (unpaired) electrons. The summed E-state index contributed by atoms with van der Waals surface area (Å²) in [6.07, 6.45) is -4.21. The molecule has 6 nitrogen and oxygen atoms in total. The third-order valence-corrected chi connectivity index (χ3v) is 4.74. The first-order valence-electron chi connectivity index (χ1n) is 9.10. The van der Waals surface area contributed by atoms with Gasteiger partial charge in [0.25, 0.3) is 0 Å². The molecule has 0 amide bonds. The predicted octanol–water partition coefficient (Wildman–Crippen LogP) is 3.45. The second-order valence-corrected chi connectivity index (χ2v) is 6.87. The van der Waals surface area contributed by atoms with Crippen molar-refractivity contribution in [2.75, 3.05) is 18.4 Å². The molecule has 3 aromatic heterocycles. The van der Waals surface area contributed by atoms with E-state index in [0.717, 1.165) is 6.92 Å². The number of hydrogen-bond acceptors (Lipinski definition) is 5. The molecule has 1 aliphatic heterocycles. The van der Waals surface area contributed by atoms with Gasteiger partial charge in [-0.3, -0.25) is 4.40 Å². The quantitative estimate of drug-likeness (QED) is 0.632. The number of alkyl halides is 4. The van der Waals surface area contributed by atoms with E-state index in [9.17, 15) is 17.6 Å². The molecule has 0 unspecified atom stereocenters. The molecular weight excluding hydrogens is 390 g/mol. The van der Waals surface area contributed by atoms with Gasteiger partial charge in [-0.05, 0) is 25.1 Å². The van der Waals surface area contributed by atoms with Crippen molar-refractivity contribution >= 4 is 11.5 Å².